The van der Waals surface area contributed by atoms with E-state index in [9.17, 15) is 10.0 Å². The van der Waals surface area contributed by atoms with Crippen molar-refractivity contribution in [2.24, 2.45) is 0 Å². The Kier molecular flexibility index (Phi) is 4.42. The normalized spacial score (nSPS) is 22.7. The molecule has 1 fully saturated rings. The van der Waals surface area contributed by atoms with Crippen molar-refractivity contribution >= 4 is 17.5 Å². The van der Waals surface area contributed by atoms with E-state index in [0.717, 1.165) is 30.4 Å². The number of aromatic nitrogens is 3. The number of hydrogen-bond donors (Lipinski definition) is 1. The smallest absolute Gasteiger partial charge is 0.247 e. The van der Waals surface area contributed by atoms with E-state index in [2.05, 4.69) is 15.3 Å². The third kappa shape index (κ3) is 3.08. The van der Waals surface area contributed by atoms with Crippen molar-refractivity contribution in [2.75, 3.05) is 23.9 Å². The summed E-state index contributed by atoms with van der Waals surface area (Å²) in [4.78, 5) is 23.5. The van der Waals surface area contributed by atoms with Gasteiger partial charge in [0.2, 0.25) is 5.91 Å². The van der Waals surface area contributed by atoms with Gasteiger partial charge in [0.1, 0.15) is 0 Å². The largest absolute Gasteiger partial charge is 0.619 e. The molecule has 8 heteroatoms. The topological polar surface area (TPSA) is 94.3 Å². The monoisotopic (exact) mass is 355 g/mol. The molecule has 3 heterocycles. The number of methoxy groups -OCH3 is 1. The van der Waals surface area contributed by atoms with Gasteiger partial charge in [0, 0.05) is 19.2 Å². The van der Waals surface area contributed by atoms with E-state index in [4.69, 9.17) is 4.74 Å². The second-order valence-corrected chi connectivity index (χ2v) is 6.66. The van der Waals surface area contributed by atoms with Gasteiger partial charge in [-0.2, -0.15) is 4.73 Å². The highest BCUT2D eigenvalue weighted by molar-refractivity contribution is 6.01. The zero-order chi connectivity index (χ0) is 18.1. The number of hydrogen-bond acceptors (Lipinski definition) is 6. The first-order chi connectivity index (χ1) is 12.7. The van der Waals surface area contributed by atoms with Gasteiger partial charge in [-0.05, 0) is 31.7 Å². The number of nitrogens with zero attached hydrogens (tertiary/aromatic N) is 4. The van der Waals surface area contributed by atoms with E-state index in [-0.39, 0.29) is 24.6 Å². The minimum atomic E-state index is -0.00299. The number of carbonyl (C=O) groups excluding carboxylic acids is 1. The van der Waals surface area contributed by atoms with Crippen molar-refractivity contribution in [1.29, 1.82) is 0 Å². The molecule has 0 bridgehead atoms. The van der Waals surface area contributed by atoms with Crippen LogP contribution in [-0.4, -0.2) is 41.7 Å². The van der Waals surface area contributed by atoms with Crippen LogP contribution in [0.3, 0.4) is 0 Å². The minimum Gasteiger partial charge on any atom is -0.619 e. The highest BCUT2D eigenvalue weighted by Gasteiger charge is 2.35. The Morgan fingerprint density at radius 2 is 2.15 bits per heavy atom. The minimum absolute atomic E-state index is 0.00299. The van der Waals surface area contributed by atoms with Crippen molar-refractivity contribution in [1.82, 2.24) is 9.97 Å². The summed E-state index contributed by atoms with van der Waals surface area (Å²) in [6, 6.07) is 3.56. The van der Waals surface area contributed by atoms with Crippen LogP contribution in [0, 0.1) is 5.21 Å². The number of fused-ring (bicyclic) bond motifs is 1. The Bertz CT molecular complexity index is 820. The molecule has 1 amide bonds. The zero-order valence-corrected chi connectivity index (χ0v) is 14.6. The van der Waals surface area contributed by atoms with Crippen molar-refractivity contribution in [3.63, 3.8) is 0 Å². The molecule has 0 aromatic carbocycles. The molecule has 0 atom stereocenters. The molecule has 0 unspecified atom stereocenters. The van der Waals surface area contributed by atoms with Crippen molar-refractivity contribution in [2.45, 2.75) is 37.8 Å². The first kappa shape index (κ1) is 16.7. The number of pyridine rings is 1. The summed E-state index contributed by atoms with van der Waals surface area (Å²) in [6.07, 6.45) is 8.35. The standard InChI is InChI=1S/C18H21N5O3/c1-26-14-6-4-13(5-7-14)23-16(24)10-20-17-18(23)21-15(9-19-17)12-3-2-8-22(25)11-12/h2-3,8-9,11,13-14H,4-7,10H2,1H3,(H,19,20). The number of anilines is 2. The molecule has 4 rings (SSSR count). The average Bonchev–Trinajstić information content (AvgIpc) is 2.67. The molecule has 2 aliphatic rings. The Hall–Kier alpha value is -2.74. The molecule has 0 saturated heterocycles. The van der Waals surface area contributed by atoms with Gasteiger partial charge in [-0.3, -0.25) is 9.69 Å². The molecule has 1 saturated carbocycles. The first-order valence-electron chi connectivity index (χ1n) is 8.80. The van der Waals surface area contributed by atoms with Crippen LogP contribution in [0.25, 0.3) is 11.3 Å². The van der Waals surface area contributed by atoms with E-state index in [1.54, 1.807) is 30.3 Å². The number of rotatable bonds is 3. The van der Waals surface area contributed by atoms with Crippen molar-refractivity contribution in [3.8, 4) is 11.3 Å². The van der Waals surface area contributed by atoms with Crippen LogP contribution in [0.5, 0.6) is 0 Å². The summed E-state index contributed by atoms with van der Waals surface area (Å²) in [5.41, 5.74) is 1.24. The summed E-state index contributed by atoms with van der Waals surface area (Å²) in [5.74, 6) is 1.14. The summed E-state index contributed by atoms with van der Waals surface area (Å²) >= 11 is 0. The Morgan fingerprint density at radius 3 is 2.88 bits per heavy atom. The molecule has 1 N–H and O–H groups in total. The summed E-state index contributed by atoms with van der Waals surface area (Å²) < 4.78 is 6.16. The van der Waals surface area contributed by atoms with E-state index in [1.807, 2.05) is 0 Å². The van der Waals surface area contributed by atoms with E-state index >= 15 is 0 Å². The molecular weight excluding hydrogens is 334 g/mol. The molecule has 2 aromatic rings. The molecule has 136 valence electrons. The molecule has 26 heavy (non-hydrogen) atoms. The van der Waals surface area contributed by atoms with Gasteiger partial charge >= 0.3 is 0 Å². The molecule has 0 radical (unpaired) electrons. The van der Waals surface area contributed by atoms with Gasteiger partial charge in [-0.25, -0.2) is 9.97 Å². The lowest BCUT2D eigenvalue weighted by molar-refractivity contribution is -0.604. The van der Waals surface area contributed by atoms with Gasteiger partial charge in [0.15, 0.2) is 24.0 Å². The van der Waals surface area contributed by atoms with E-state index in [1.165, 1.54) is 12.4 Å². The lowest BCUT2D eigenvalue weighted by Gasteiger charge is -2.38. The quantitative estimate of drug-likeness (QED) is 0.662. The highest BCUT2D eigenvalue weighted by Crippen LogP contribution is 2.34. The second kappa shape index (κ2) is 6.87. The van der Waals surface area contributed by atoms with Gasteiger partial charge in [-0.15, -0.1) is 0 Å². The fraction of sp³-hybridized carbons (Fsp3) is 0.444. The van der Waals surface area contributed by atoms with Gasteiger partial charge in [0.25, 0.3) is 0 Å². The Morgan fingerprint density at radius 1 is 1.35 bits per heavy atom. The van der Waals surface area contributed by atoms with Crippen LogP contribution in [0.4, 0.5) is 11.6 Å². The maximum Gasteiger partial charge on any atom is 0.247 e. The van der Waals surface area contributed by atoms with E-state index in [0.29, 0.717) is 22.9 Å². The van der Waals surface area contributed by atoms with E-state index < -0.39 is 0 Å². The lowest BCUT2D eigenvalue weighted by atomic mass is 9.91. The van der Waals surface area contributed by atoms with Gasteiger partial charge in [-0.1, -0.05) is 0 Å². The third-order valence-corrected chi connectivity index (χ3v) is 5.07. The molecular formula is C18H21N5O3. The van der Waals surface area contributed by atoms with Crippen LogP contribution < -0.4 is 14.9 Å². The van der Waals surface area contributed by atoms with Crippen molar-refractivity contribution in [3.05, 3.63) is 35.9 Å². The van der Waals surface area contributed by atoms with Crippen LogP contribution in [-0.2, 0) is 9.53 Å². The molecule has 0 spiro atoms. The molecule has 2 aromatic heterocycles. The molecule has 1 aliphatic carbocycles. The number of carbonyl (C=O) groups is 1. The number of amides is 1. The predicted molar refractivity (Wildman–Crippen MR) is 95.5 cm³/mol. The first-order valence-corrected chi connectivity index (χ1v) is 8.80. The average molecular weight is 355 g/mol. The molecule has 8 nitrogen and oxygen atoms in total. The fourth-order valence-corrected chi connectivity index (χ4v) is 3.70. The van der Waals surface area contributed by atoms with Crippen LogP contribution in [0.15, 0.2) is 30.7 Å². The summed E-state index contributed by atoms with van der Waals surface area (Å²) in [7, 11) is 1.73. The zero-order valence-electron chi connectivity index (χ0n) is 14.6. The van der Waals surface area contributed by atoms with Crippen LogP contribution in [0.2, 0.25) is 0 Å². The Labute approximate surface area is 151 Å². The number of nitrogens with one attached hydrogen (secondary N) is 1. The van der Waals surface area contributed by atoms with Gasteiger partial charge < -0.3 is 15.3 Å². The maximum absolute atomic E-state index is 12.6. The third-order valence-electron chi connectivity index (χ3n) is 5.07. The second-order valence-electron chi connectivity index (χ2n) is 6.66. The SMILES string of the molecule is COC1CCC(N2C(=O)CNc3ncc(-c4ccc[n+]([O-])c4)nc32)CC1. The molecule has 1 aliphatic heterocycles. The number of ether oxygens (including phenoxy) is 1. The van der Waals surface area contributed by atoms with Crippen LogP contribution in [0.1, 0.15) is 25.7 Å². The predicted octanol–water partition coefficient (Wildman–Crippen LogP) is 1.49. The Balaban J connectivity index is 1.68. The highest BCUT2D eigenvalue weighted by atomic mass is 16.5. The summed E-state index contributed by atoms with van der Waals surface area (Å²) in [5, 5.41) is 14.6. The van der Waals surface area contributed by atoms with Gasteiger partial charge in [0.05, 0.1) is 30.1 Å². The summed E-state index contributed by atoms with van der Waals surface area (Å²) in [6.45, 7) is 0.219. The lowest BCUT2D eigenvalue weighted by Crippen LogP contribution is -2.49. The maximum atomic E-state index is 12.6. The van der Waals surface area contributed by atoms with Crippen LogP contribution >= 0.6 is 0 Å². The fourth-order valence-electron chi connectivity index (χ4n) is 3.70. The van der Waals surface area contributed by atoms with Crippen molar-refractivity contribution < 1.29 is 14.3 Å².